The summed E-state index contributed by atoms with van der Waals surface area (Å²) in [7, 11) is 2.19. The molecule has 3 heterocycles. The number of fused-ring (bicyclic) bond motifs is 3. The lowest BCUT2D eigenvalue weighted by Crippen LogP contribution is -2.43. The van der Waals surface area contributed by atoms with E-state index < -0.39 is 0 Å². The van der Waals surface area contributed by atoms with Gasteiger partial charge >= 0.3 is 5.97 Å². The number of nitrogens with zero attached hydrogens (tertiary/aromatic N) is 2. The summed E-state index contributed by atoms with van der Waals surface area (Å²) in [4.78, 5) is 15.0. The van der Waals surface area contributed by atoms with Gasteiger partial charge in [-0.05, 0) is 38.4 Å². The first kappa shape index (κ1) is 13.8. The highest BCUT2D eigenvalue weighted by molar-refractivity contribution is 6.03. The minimum absolute atomic E-state index is 0.0250. The standard InChI is InChI=1S/C17H21N3O2/c1-10-4-3-5-14-15(10)16(19-18-14)17(21)22-13-8-11-6-7-12(9-13)20(11)2/h3-5,11-13H,6-9H2,1-2H3,(H,18,19). The van der Waals surface area contributed by atoms with Crippen molar-refractivity contribution in [2.24, 2.45) is 0 Å². The predicted octanol–water partition coefficient (Wildman–Crippen LogP) is 2.65. The normalized spacial score (nSPS) is 28.2. The molecule has 0 aliphatic carbocycles. The van der Waals surface area contributed by atoms with Gasteiger partial charge in [0.2, 0.25) is 0 Å². The van der Waals surface area contributed by atoms with Crippen LogP contribution in [0.1, 0.15) is 41.7 Å². The first-order valence-electron chi connectivity index (χ1n) is 8.00. The van der Waals surface area contributed by atoms with Crippen molar-refractivity contribution in [3.8, 4) is 0 Å². The second kappa shape index (κ2) is 5.09. The number of rotatable bonds is 2. The summed E-state index contributed by atoms with van der Waals surface area (Å²) in [5, 5.41) is 7.98. The maximum absolute atomic E-state index is 12.5. The Morgan fingerprint density at radius 2 is 2.05 bits per heavy atom. The number of aromatic amines is 1. The number of aromatic nitrogens is 2. The number of carbonyl (C=O) groups is 1. The van der Waals surface area contributed by atoms with Crippen molar-refractivity contribution >= 4 is 16.9 Å². The Kier molecular flexibility index (Phi) is 3.18. The van der Waals surface area contributed by atoms with E-state index >= 15 is 0 Å². The fourth-order valence-corrected chi connectivity index (χ4v) is 4.06. The molecule has 4 rings (SSSR count). The third kappa shape index (κ3) is 2.11. The zero-order chi connectivity index (χ0) is 15.3. The SMILES string of the molecule is Cc1cccc2[nH]nc(C(=O)OC3CC4CCC(C3)N4C)c12. The van der Waals surface area contributed by atoms with Crippen LogP contribution in [0.5, 0.6) is 0 Å². The third-order valence-corrected chi connectivity index (χ3v) is 5.32. The van der Waals surface area contributed by atoms with Gasteiger partial charge < -0.3 is 9.64 Å². The summed E-state index contributed by atoms with van der Waals surface area (Å²) in [5.41, 5.74) is 2.34. The zero-order valence-corrected chi connectivity index (χ0v) is 13.0. The average molecular weight is 299 g/mol. The molecule has 0 amide bonds. The minimum atomic E-state index is -0.297. The molecule has 5 heteroatoms. The van der Waals surface area contributed by atoms with Crippen LogP contribution in [-0.4, -0.2) is 46.3 Å². The van der Waals surface area contributed by atoms with Crippen molar-refractivity contribution in [2.75, 3.05) is 7.05 Å². The number of hydrogen-bond acceptors (Lipinski definition) is 4. The van der Waals surface area contributed by atoms with Crippen molar-refractivity contribution in [3.05, 3.63) is 29.5 Å². The van der Waals surface area contributed by atoms with Crippen LogP contribution in [0.25, 0.3) is 10.9 Å². The summed E-state index contributed by atoms with van der Waals surface area (Å²) in [6, 6.07) is 7.01. The summed E-state index contributed by atoms with van der Waals surface area (Å²) in [5.74, 6) is -0.297. The summed E-state index contributed by atoms with van der Waals surface area (Å²) in [6.07, 6.45) is 4.36. The summed E-state index contributed by atoms with van der Waals surface area (Å²) >= 11 is 0. The maximum Gasteiger partial charge on any atom is 0.359 e. The van der Waals surface area contributed by atoms with Gasteiger partial charge in [-0.25, -0.2) is 4.79 Å². The van der Waals surface area contributed by atoms with E-state index in [0.29, 0.717) is 17.8 Å². The Balaban J connectivity index is 1.55. The Morgan fingerprint density at radius 1 is 1.32 bits per heavy atom. The molecule has 1 aromatic carbocycles. The molecule has 2 saturated heterocycles. The number of esters is 1. The van der Waals surface area contributed by atoms with Gasteiger partial charge in [-0.2, -0.15) is 5.10 Å². The molecule has 2 aromatic rings. The number of hydrogen-bond donors (Lipinski definition) is 1. The van der Waals surface area contributed by atoms with Crippen molar-refractivity contribution < 1.29 is 9.53 Å². The fraction of sp³-hybridized carbons (Fsp3) is 0.529. The number of nitrogens with one attached hydrogen (secondary N) is 1. The number of H-pyrrole nitrogens is 1. The van der Waals surface area contributed by atoms with Gasteiger partial charge in [0.1, 0.15) is 6.10 Å². The van der Waals surface area contributed by atoms with Gasteiger partial charge in [-0.1, -0.05) is 12.1 Å². The summed E-state index contributed by atoms with van der Waals surface area (Å²) < 4.78 is 5.78. The van der Waals surface area contributed by atoms with Crippen molar-refractivity contribution in [1.82, 2.24) is 15.1 Å². The molecular weight excluding hydrogens is 278 g/mol. The number of carbonyl (C=O) groups excluding carboxylic acids is 1. The van der Waals surface area contributed by atoms with Crippen LogP contribution < -0.4 is 0 Å². The molecule has 116 valence electrons. The molecule has 0 spiro atoms. The van der Waals surface area contributed by atoms with Gasteiger partial charge in [0.15, 0.2) is 5.69 Å². The van der Waals surface area contributed by atoms with Gasteiger partial charge in [0.05, 0.1) is 5.52 Å². The lowest BCUT2D eigenvalue weighted by molar-refractivity contribution is -0.000811. The van der Waals surface area contributed by atoms with E-state index in [0.717, 1.165) is 29.3 Å². The molecule has 5 nitrogen and oxygen atoms in total. The highest BCUT2D eigenvalue weighted by atomic mass is 16.5. The molecule has 2 aliphatic rings. The van der Waals surface area contributed by atoms with Crippen molar-refractivity contribution in [3.63, 3.8) is 0 Å². The third-order valence-electron chi connectivity index (χ3n) is 5.32. The number of piperidine rings is 1. The van der Waals surface area contributed by atoms with E-state index in [2.05, 4.69) is 22.1 Å². The molecule has 22 heavy (non-hydrogen) atoms. The Hall–Kier alpha value is -1.88. The van der Waals surface area contributed by atoms with Crippen LogP contribution in [0.3, 0.4) is 0 Å². The van der Waals surface area contributed by atoms with Crippen LogP contribution in [0.2, 0.25) is 0 Å². The van der Waals surface area contributed by atoms with E-state index in [-0.39, 0.29) is 12.1 Å². The Morgan fingerprint density at radius 3 is 2.77 bits per heavy atom. The quantitative estimate of drug-likeness (QED) is 0.866. The van der Waals surface area contributed by atoms with Crippen LogP contribution >= 0.6 is 0 Å². The monoisotopic (exact) mass is 299 g/mol. The lowest BCUT2D eigenvalue weighted by Gasteiger charge is -2.35. The van der Waals surface area contributed by atoms with Crippen molar-refractivity contribution in [2.45, 2.75) is 50.8 Å². The largest absolute Gasteiger partial charge is 0.457 e. The van der Waals surface area contributed by atoms with E-state index in [9.17, 15) is 4.79 Å². The predicted molar refractivity (Wildman–Crippen MR) is 83.8 cm³/mol. The van der Waals surface area contributed by atoms with E-state index in [4.69, 9.17) is 4.74 Å². The number of ether oxygens (including phenoxy) is 1. The second-order valence-corrected chi connectivity index (χ2v) is 6.62. The topological polar surface area (TPSA) is 58.2 Å². The van der Waals surface area contributed by atoms with Crippen LogP contribution in [0.15, 0.2) is 18.2 Å². The second-order valence-electron chi connectivity index (χ2n) is 6.62. The smallest absolute Gasteiger partial charge is 0.359 e. The molecule has 0 radical (unpaired) electrons. The molecule has 2 fully saturated rings. The van der Waals surface area contributed by atoms with Crippen LogP contribution in [0.4, 0.5) is 0 Å². The number of benzene rings is 1. The van der Waals surface area contributed by atoms with Gasteiger partial charge in [0.25, 0.3) is 0 Å². The minimum Gasteiger partial charge on any atom is -0.457 e. The zero-order valence-electron chi connectivity index (χ0n) is 13.0. The molecular formula is C17H21N3O2. The lowest BCUT2D eigenvalue weighted by atomic mass is 10.0. The first-order valence-corrected chi connectivity index (χ1v) is 8.00. The average Bonchev–Trinajstić information content (AvgIpc) is 2.99. The molecule has 1 N–H and O–H groups in total. The molecule has 0 saturated carbocycles. The van der Waals surface area contributed by atoms with Crippen LogP contribution in [-0.2, 0) is 4.74 Å². The van der Waals surface area contributed by atoms with Gasteiger partial charge in [-0.15, -0.1) is 0 Å². The highest BCUT2D eigenvalue weighted by Crippen LogP contribution is 2.35. The van der Waals surface area contributed by atoms with Gasteiger partial charge in [-0.3, -0.25) is 5.10 Å². The van der Waals surface area contributed by atoms with E-state index in [1.165, 1.54) is 12.8 Å². The Bertz CT molecular complexity index is 710. The Labute approximate surface area is 129 Å². The molecule has 2 bridgehead atoms. The van der Waals surface area contributed by atoms with E-state index in [1.807, 2.05) is 25.1 Å². The molecule has 2 aliphatic heterocycles. The molecule has 1 aromatic heterocycles. The summed E-state index contributed by atoms with van der Waals surface area (Å²) in [6.45, 7) is 1.99. The van der Waals surface area contributed by atoms with Crippen LogP contribution in [0, 0.1) is 6.92 Å². The molecule has 2 atom stereocenters. The number of aryl methyl sites for hydroxylation is 1. The highest BCUT2D eigenvalue weighted by Gasteiger charge is 2.40. The molecule has 2 unspecified atom stereocenters. The maximum atomic E-state index is 12.5. The fourth-order valence-electron chi connectivity index (χ4n) is 4.06. The van der Waals surface area contributed by atoms with Gasteiger partial charge in [0, 0.05) is 30.3 Å². The van der Waals surface area contributed by atoms with Crippen molar-refractivity contribution in [1.29, 1.82) is 0 Å². The van der Waals surface area contributed by atoms with E-state index in [1.54, 1.807) is 0 Å². The first-order chi connectivity index (χ1) is 10.6.